The molecule has 2 nitrogen and oxygen atoms in total. The minimum absolute atomic E-state index is 0.282. The third-order valence-corrected chi connectivity index (χ3v) is 3.49. The molecule has 0 aliphatic heterocycles. The highest BCUT2D eigenvalue weighted by Crippen LogP contribution is 2.27. The van der Waals surface area contributed by atoms with E-state index in [4.69, 9.17) is 0 Å². The lowest BCUT2D eigenvalue weighted by Gasteiger charge is -2.14. The molecule has 1 heterocycles. The van der Waals surface area contributed by atoms with Gasteiger partial charge in [-0.25, -0.2) is 13.8 Å². The van der Waals surface area contributed by atoms with Crippen LogP contribution >= 0.6 is 0 Å². The van der Waals surface area contributed by atoms with E-state index in [1.165, 1.54) is 12.1 Å². The van der Waals surface area contributed by atoms with Gasteiger partial charge in [-0.1, -0.05) is 39.0 Å². The zero-order valence-corrected chi connectivity index (χ0v) is 15.3. The Morgan fingerprint density at radius 3 is 2.12 bits per heavy atom. The van der Waals surface area contributed by atoms with E-state index in [-0.39, 0.29) is 5.56 Å². The molecular weight excluding hydrogens is 318 g/mol. The molecule has 1 aromatic heterocycles. The lowest BCUT2D eigenvalue weighted by molar-refractivity contribution is 0.584. The minimum Gasteiger partial charge on any atom is -0.299 e. The van der Waals surface area contributed by atoms with Crippen molar-refractivity contribution in [3.63, 3.8) is 0 Å². The molecule has 132 valence electrons. The highest BCUT2D eigenvalue weighted by molar-refractivity contribution is 5.61. The molecule has 0 unspecified atom stereocenters. The third kappa shape index (κ3) is 4.53. The van der Waals surface area contributed by atoms with E-state index in [0.717, 1.165) is 28.8 Å². The van der Waals surface area contributed by atoms with Crippen LogP contribution in [0.3, 0.4) is 0 Å². The summed E-state index contributed by atoms with van der Waals surface area (Å²) < 4.78 is 28.9. The van der Waals surface area contributed by atoms with Crippen LogP contribution in [-0.2, 0) is 0 Å². The number of nitrogens with zero attached hydrogens (tertiary/aromatic N) is 2. The van der Waals surface area contributed by atoms with Gasteiger partial charge in [-0.3, -0.25) is 4.57 Å². The van der Waals surface area contributed by atoms with Gasteiger partial charge in [-0.15, -0.1) is 0 Å². The predicted molar refractivity (Wildman–Crippen MR) is 98.9 cm³/mol. The van der Waals surface area contributed by atoms with Crippen molar-refractivity contribution in [1.82, 2.24) is 9.55 Å². The van der Waals surface area contributed by atoms with E-state index >= 15 is 0 Å². The summed E-state index contributed by atoms with van der Waals surface area (Å²) in [4.78, 5) is 4.24. The number of aromatic nitrogens is 2. The molecule has 3 aromatic rings. The number of rotatable bonds is 2. The first kappa shape index (κ1) is 18.8. The first-order valence-corrected chi connectivity index (χ1v) is 8.36. The number of hydrogen-bond acceptors (Lipinski definition) is 1. The summed E-state index contributed by atoms with van der Waals surface area (Å²) in [7, 11) is 0. The van der Waals surface area contributed by atoms with Crippen molar-refractivity contribution in [3.8, 4) is 17.1 Å². The van der Waals surface area contributed by atoms with E-state index < -0.39 is 11.6 Å². The summed E-state index contributed by atoms with van der Waals surface area (Å²) in [6, 6.07) is 9.49. The van der Waals surface area contributed by atoms with Crippen LogP contribution in [0, 0.1) is 31.4 Å². The highest BCUT2D eigenvalue weighted by Gasteiger charge is 2.15. The number of para-hydroxylation sites is 1. The van der Waals surface area contributed by atoms with Gasteiger partial charge in [0.05, 0.1) is 11.3 Å². The summed E-state index contributed by atoms with van der Waals surface area (Å²) in [6.07, 6.45) is 3.40. The lowest BCUT2D eigenvalue weighted by atomic mass is 10.1. The van der Waals surface area contributed by atoms with Gasteiger partial charge in [0.25, 0.3) is 0 Å². The van der Waals surface area contributed by atoms with E-state index in [1.54, 1.807) is 12.4 Å². The van der Waals surface area contributed by atoms with Crippen LogP contribution in [0.1, 0.15) is 31.9 Å². The summed E-state index contributed by atoms with van der Waals surface area (Å²) in [5, 5.41) is 0. The quantitative estimate of drug-likeness (QED) is 0.550. The fourth-order valence-electron chi connectivity index (χ4n) is 2.54. The topological polar surface area (TPSA) is 17.8 Å². The van der Waals surface area contributed by atoms with Gasteiger partial charge < -0.3 is 0 Å². The van der Waals surface area contributed by atoms with Crippen LogP contribution in [0.5, 0.6) is 0 Å². The van der Waals surface area contributed by atoms with Gasteiger partial charge in [-0.05, 0) is 43.0 Å². The predicted octanol–water partition coefficient (Wildman–Crippen LogP) is 6.10. The molecule has 0 saturated carbocycles. The smallest absolute Gasteiger partial charge is 0.147 e. The average Bonchev–Trinajstić information content (AvgIpc) is 2.95. The molecule has 0 amide bonds. The molecular formula is C21H24F2N2. The molecule has 3 rings (SSSR count). The molecule has 0 N–H and O–H groups in total. The molecule has 25 heavy (non-hydrogen) atoms. The van der Waals surface area contributed by atoms with Crippen molar-refractivity contribution < 1.29 is 8.78 Å². The van der Waals surface area contributed by atoms with Crippen LogP contribution in [0.15, 0.2) is 48.8 Å². The zero-order valence-electron chi connectivity index (χ0n) is 15.3. The molecule has 0 bridgehead atoms. The number of hydrogen-bond donors (Lipinski definition) is 0. The standard InChI is InChI=1S/C17H14F2N2.C4H10/c1-11-4-3-5-12(2)16(11)21-9-8-20-17(21)14-7-6-13(18)10-15(14)19;1-4(2)3/h3-10H,1-2H3;4H,1-3H3. The van der Waals surface area contributed by atoms with E-state index in [2.05, 4.69) is 25.8 Å². The van der Waals surface area contributed by atoms with Gasteiger partial charge in [0, 0.05) is 18.5 Å². The highest BCUT2D eigenvalue weighted by atomic mass is 19.1. The van der Waals surface area contributed by atoms with Gasteiger partial charge in [0.15, 0.2) is 0 Å². The van der Waals surface area contributed by atoms with Gasteiger partial charge in [0.1, 0.15) is 17.5 Å². The lowest BCUT2D eigenvalue weighted by Crippen LogP contribution is -2.02. The number of aryl methyl sites for hydroxylation is 2. The van der Waals surface area contributed by atoms with Gasteiger partial charge >= 0.3 is 0 Å². The normalized spacial score (nSPS) is 10.6. The number of benzene rings is 2. The Morgan fingerprint density at radius 1 is 0.960 bits per heavy atom. The van der Waals surface area contributed by atoms with Crippen molar-refractivity contribution in [3.05, 3.63) is 71.6 Å². The van der Waals surface area contributed by atoms with Crippen molar-refractivity contribution in [1.29, 1.82) is 0 Å². The van der Waals surface area contributed by atoms with Crippen LogP contribution in [0.25, 0.3) is 17.1 Å². The maximum atomic E-state index is 14.0. The van der Waals surface area contributed by atoms with Crippen LogP contribution in [0.2, 0.25) is 0 Å². The van der Waals surface area contributed by atoms with E-state index in [0.29, 0.717) is 5.82 Å². The Kier molecular flexibility index (Phi) is 6.07. The molecule has 0 spiro atoms. The fourth-order valence-corrected chi connectivity index (χ4v) is 2.54. The first-order chi connectivity index (χ1) is 11.8. The second-order valence-corrected chi connectivity index (χ2v) is 6.72. The largest absolute Gasteiger partial charge is 0.299 e. The van der Waals surface area contributed by atoms with Crippen LogP contribution in [0.4, 0.5) is 8.78 Å². The average molecular weight is 342 g/mol. The van der Waals surface area contributed by atoms with Gasteiger partial charge in [0.2, 0.25) is 0 Å². The molecule has 0 radical (unpaired) electrons. The van der Waals surface area contributed by atoms with Crippen LogP contribution < -0.4 is 0 Å². The Balaban J connectivity index is 0.000000511. The fraction of sp³-hybridized carbons (Fsp3) is 0.286. The summed E-state index contributed by atoms with van der Waals surface area (Å²) in [5.74, 6) is 0.0833. The Bertz CT molecular complexity index is 828. The maximum absolute atomic E-state index is 14.0. The molecule has 0 aliphatic carbocycles. The van der Waals surface area contributed by atoms with Gasteiger partial charge in [-0.2, -0.15) is 0 Å². The van der Waals surface area contributed by atoms with E-state index in [1.807, 2.05) is 36.6 Å². The zero-order chi connectivity index (χ0) is 18.6. The molecule has 0 saturated heterocycles. The van der Waals surface area contributed by atoms with Crippen LogP contribution in [-0.4, -0.2) is 9.55 Å². The van der Waals surface area contributed by atoms with E-state index in [9.17, 15) is 8.78 Å². The summed E-state index contributed by atoms with van der Waals surface area (Å²) in [6.45, 7) is 10.5. The summed E-state index contributed by atoms with van der Waals surface area (Å²) >= 11 is 0. The number of imidazole rings is 1. The van der Waals surface area contributed by atoms with Crippen molar-refractivity contribution in [2.45, 2.75) is 34.6 Å². The minimum atomic E-state index is -0.617. The first-order valence-electron chi connectivity index (χ1n) is 8.36. The SMILES string of the molecule is CC(C)C.Cc1cccc(C)c1-n1ccnc1-c1ccc(F)cc1F. The monoisotopic (exact) mass is 342 g/mol. The van der Waals surface area contributed by atoms with Crippen molar-refractivity contribution in [2.24, 2.45) is 5.92 Å². The Morgan fingerprint density at radius 2 is 1.56 bits per heavy atom. The number of halogens is 2. The molecule has 2 aromatic carbocycles. The Hall–Kier alpha value is -2.49. The maximum Gasteiger partial charge on any atom is 0.147 e. The molecule has 0 fully saturated rings. The molecule has 0 atom stereocenters. The summed E-state index contributed by atoms with van der Waals surface area (Å²) in [5.41, 5.74) is 3.38. The second kappa shape index (κ2) is 8.06. The van der Waals surface area contributed by atoms with Crippen molar-refractivity contribution >= 4 is 0 Å². The molecule has 4 heteroatoms. The Labute approximate surface area is 148 Å². The molecule has 0 aliphatic rings. The third-order valence-electron chi connectivity index (χ3n) is 3.49. The second-order valence-electron chi connectivity index (χ2n) is 6.72. The van der Waals surface area contributed by atoms with Crippen molar-refractivity contribution in [2.75, 3.05) is 0 Å².